The molecule has 22 heavy (non-hydrogen) atoms. The summed E-state index contributed by atoms with van der Waals surface area (Å²) >= 11 is 6.01. The van der Waals surface area contributed by atoms with Crippen molar-refractivity contribution in [2.45, 2.75) is 13.0 Å². The van der Waals surface area contributed by atoms with Gasteiger partial charge >= 0.3 is 0 Å². The van der Waals surface area contributed by atoms with Gasteiger partial charge in [0.25, 0.3) is 0 Å². The van der Waals surface area contributed by atoms with Gasteiger partial charge in [-0.05, 0) is 43.8 Å². The molecule has 0 aliphatic rings. The summed E-state index contributed by atoms with van der Waals surface area (Å²) in [7, 11) is 2.13. The standard InChI is InChI=1S/C18H20ClN3/c1-22(14-15-6-3-2-4-7-15)11-5-10-21-17-9-8-16(13-20)18(19)12-17/h2-4,6-9,12,21H,5,10-11,14H2,1H3. The summed E-state index contributed by atoms with van der Waals surface area (Å²) in [6.45, 7) is 2.86. The minimum atomic E-state index is 0.494. The molecule has 0 aliphatic carbocycles. The van der Waals surface area contributed by atoms with Crippen LogP contribution in [0.15, 0.2) is 48.5 Å². The van der Waals surface area contributed by atoms with Gasteiger partial charge < -0.3 is 10.2 Å². The number of nitriles is 1. The van der Waals surface area contributed by atoms with E-state index in [0.29, 0.717) is 10.6 Å². The van der Waals surface area contributed by atoms with Crippen molar-refractivity contribution >= 4 is 17.3 Å². The van der Waals surface area contributed by atoms with Crippen LogP contribution in [0.4, 0.5) is 5.69 Å². The Bertz CT molecular complexity index is 635. The first-order chi connectivity index (χ1) is 10.7. The van der Waals surface area contributed by atoms with E-state index in [4.69, 9.17) is 16.9 Å². The average molecular weight is 314 g/mol. The molecule has 4 heteroatoms. The van der Waals surface area contributed by atoms with Gasteiger partial charge in [-0.2, -0.15) is 5.26 Å². The Morgan fingerprint density at radius 2 is 1.95 bits per heavy atom. The van der Waals surface area contributed by atoms with Gasteiger partial charge in [-0.1, -0.05) is 41.9 Å². The summed E-state index contributed by atoms with van der Waals surface area (Å²) in [5.41, 5.74) is 2.79. The van der Waals surface area contributed by atoms with Crippen molar-refractivity contribution in [3.05, 3.63) is 64.7 Å². The highest BCUT2D eigenvalue weighted by atomic mass is 35.5. The lowest BCUT2D eigenvalue weighted by Crippen LogP contribution is -2.21. The quantitative estimate of drug-likeness (QED) is 0.781. The molecule has 0 atom stereocenters. The normalized spacial score (nSPS) is 10.5. The van der Waals surface area contributed by atoms with E-state index in [2.05, 4.69) is 47.6 Å². The highest BCUT2D eigenvalue weighted by Crippen LogP contribution is 2.20. The Kier molecular flexibility index (Phi) is 6.27. The van der Waals surface area contributed by atoms with Gasteiger partial charge in [-0.3, -0.25) is 0 Å². The predicted octanol–water partition coefficient (Wildman–Crippen LogP) is 4.15. The van der Waals surface area contributed by atoms with E-state index in [1.165, 1.54) is 5.56 Å². The Balaban J connectivity index is 1.71. The topological polar surface area (TPSA) is 39.1 Å². The van der Waals surface area contributed by atoms with Crippen LogP contribution in [0.3, 0.4) is 0 Å². The second-order valence-corrected chi connectivity index (χ2v) is 5.72. The maximum atomic E-state index is 8.85. The lowest BCUT2D eigenvalue weighted by molar-refractivity contribution is 0.325. The lowest BCUT2D eigenvalue weighted by atomic mass is 10.2. The number of halogens is 1. The third-order valence-electron chi connectivity index (χ3n) is 3.43. The first-order valence-electron chi connectivity index (χ1n) is 7.35. The number of anilines is 1. The van der Waals surface area contributed by atoms with E-state index in [-0.39, 0.29) is 0 Å². The molecule has 0 amide bonds. The van der Waals surface area contributed by atoms with Crippen molar-refractivity contribution in [1.82, 2.24) is 4.90 Å². The number of benzene rings is 2. The third kappa shape index (κ3) is 5.07. The van der Waals surface area contributed by atoms with Crippen molar-refractivity contribution in [3.63, 3.8) is 0 Å². The van der Waals surface area contributed by atoms with Crippen molar-refractivity contribution in [3.8, 4) is 6.07 Å². The maximum absolute atomic E-state index is 8.85. The second kappa shape index (κ2) is 8.43. The van der Waals surface area contributed by atoms with Gasteiger partial charge in [0.15, 0.2) is 0 Å². The van der Waals surface area contributed by atoms with Crippen molar-refractivity contribution in [2.75, 3.05) is 25.5 Å². The summed E-state index contributed by atoms with van der Waals surface area (Å²) in [5.74, 6) is 0. The summed E-state index contributed by atoms with van der Waals surface area (Å²) in [5, 5.41) is 12.7. The molecule has 0 unspecified atom stereocenters. The number of hydrogen-bond donors (Lipinski definition) is 1. The second-order valence-electron chi connectivity index (χ2n) is 5.31. The lowest BCUT2D eigenvalue weighted by Gasteiger charge is -2.17. The summed E-state index contributed by atoms with van der Waals surface area (Å²) < 4.78 is 0. The van der Waals surface area contributed by atoms with Crippen LogP contribution in [0.1, 0.15) is 17.5 Å². The number of nitrogens with one attached hydrogen (secondary N) is 1. The molecule has 0 radical (unpaired) electrons. The van der Waals surface area contributed by atoms with Crippen molar-refractivity contribution in [2.24, 2.45) is 0 Å². The molecule has 3 nitrogen and oxygen atoms in total. The van der Waals surface area contributed by atoms with E-state index in [0.717, 1.165) is 31.7 Å². The zero-order valence-electron chi connectivity index (χ0n) is 12.7. The molecule has 0 aliphatic heterocycles. The molecule has 0 heterocycles. The Labute approximate surface area is 137 Å². The minimum Gasteiger partial charge on any atom is -0.385 e. The van der Waals surface area contributed by atoms with Gasteiger partial charge in [0.2, 0.25) is 0 Å². The SMILES string of the molecule is CN(CCCNc1ccc(C#N)c(Cl)c1)Cc1ccccc1. The monoisotopic (exact) mass is 313 g/mol. The number of hydrogen-bond acceptors (Lipinski definition) is 3. The van der Waals surface area contributed by atoms with E-state index in [1.807, 2.05) is 12.1 Å². The average Bonchev–Trinajstić information content (AvgIpc) is 2.53. The Morgan fingerprint density at radius 3 is 2.64 bits per heavy atom. The molecule has 0 saturated carbocycles. The molecule has 2 rings (SSSR count). The van der Waals surface area contributed by atoms with Crippen LogP contribution < -0.4 is 5.32 Å². The number of rotatable bonds is 7. The minimum absolute atomic E-state index is 0.494. The zero-order chi connectivity index (χ0) is 15.8. The van der Waals surface area contributed by atoms with Gasteiger partial charge in [0, 0.05) is 18.8 Å². The van der Waals surface area contributed by atoms with E-state index < -0.39 is 0 Å². The molecule has 0 saturated heterocycles. The van der Waals surface area contributed by atoms with E-state index in [1.54, 1.807) is 12.1 Å². The molecular formula is C18H20ClN3. The predicted molar refractivity (Wildman–Crippen MR) is 92.0 cm³/mol. The van der Waals surface area contributed by atoms with Gasteiger partial charge in [0.05, 0.1) is 10.6 Å². The molecule has 1 N–H and O–H groups in total. The zero-order valence-corrected chi connectivity index (χ0v) is 13.5. The van der Waals surface area contributed by atoms with Crippen LogP contribution in [0.5, 0.6) is 0 Å². The van der Waals surface area contributed by atoms with E-state index >= 15 is 0 Å². The van der Waals surface area contributed by atoms with Gasteiger partial charge in [0.1, 0.15) is 6.07 Å². The fourth-order valence-corrected chi connectivity index (χ4v) is 2.49. The smallest absolute Gasteiger partial charge is 0.101 e. The van der Waals surface area contributed by atoms with E-state index in [9.17, 15) is 0 Å². The molecule has 0 bridgehead atoms. The van der Waals surface area contributed by atoms with Crippen LogP contribution in [-0.4, -0.2) is 25.0 Å². The van der Waals surface area contributed by atoms with Gasteiger partial charge in [-0.15, -0.1) is 0 Å². The van der Waals surface area contributed by atoms with Crippen LogP contribution in [0, 0.1) is 11.3 Å². The molecule has 0 spiro atoms. The maximum Gasteiger partial charge on any atom is 0.101 e. The summed E-state index contributed by atoms with van der Waals surface area (Å²) in [6, 6.07) is 18.0. The molecule has 0 fully saturated rings. The molecule has 2 aromatic rings. The highest BCUT2D eigenvalue weighted by Gasteiger charge is 2.02. The Hall–Kier alpha value is -2.02. The van der Waals surface area contributed by atoms with Crippen molar-refractivity contribution in [1.29, 1.82) is 5.26 Å². The van der Waals surface area contributed by atoms with Crippen molar-refractivity contribution < 1.29 is 0 Å². The summed E-state index contributed by atoms with van der Waals surface area (Å²) in [6.07, 6.45) is 1.04. The highest BCUT2D eigenvalue weighted by molar-refractivity contribution is 6.32. The first-order valence-corrected chi connectivity index (χ1v) is 7.73. The fraction of sp³-hybridized carbons (Fsp3) is 0.278. The van der Waals surface area contributed by atoms with Crippen LogP contribution in [0.2, 0.25) is 5.02 Å². The Morgan fingerprint density at radius 1 is 1.18 bits per heavy atom. The molecular weight excluding hydrogens is 294 g/mol. The van der Waals surface area contributed by atoms with Crippen LogP contribution in [0.25, 0.3) is 0 Å². The summed E-state index contributed by atoms with van der Waals surface area (Å²) in [4.78, 5) is 2.31. The third-order valence-corrected chi connectivity index (χ3v) is 3.74. The molecule has 114 valence electrons. The van der Waals surface area contributed by atoms with Crippen LogP contribution in [-0.2, 0) is 6.54 Å². The largest absolute Gasteiger partial charge is 0.385 e. The van der Waals surface area contributed by atoms with Gasteiger partial charge in [-0.25, -0.2) is 0 Å². The number of nitrogens with zero attached hydrogens (tertiary/aromatic N) is 2. The van der Waals surface area contributed by atoms with Crippen LogP contribution >= 0.6 is 11.6 Å². The first kappa shape index (κ1) is 16.4. The fourth-order valence-electron chi connectivity index (χ4n) is 2.27. The molecule has 0 aromatic heterocycles. The molecule has 2 aromatic carbocycles.